The highest BCUT2D eigenvalue weighted by Gasteiger charge is 2.23. The fourth-order valence-electron chi connectivity index (χ4n) is 2.07. The summed E-state index contributed by atoms with van der Waals surface area (Å²) in [5, 5.41) is 18.3. The van der Waals surface area contributed by atoms with Crippen LogP contribution in [0.5, 0.6) is 0 Å². The number of ether oxygens (including phenoxy) is 1. The molecule has 0 bridgehead atoms. The zero-order chi connectivity index (χ0) is 12.3. The van der Waals surface area contributed by atoms with Crippen LogP contribution < -0.4 is 4.90 Å². The number of anilines is 1. The monoisotopic (exact) mass is 241 g/mol. The third-order valence-corrected chi connectivity index (χ3v) is 2.90. The number of halogens is 1. The van der Waals surface area contributed by atoms with Gasteiger partial charge in [-0.3, -0.25) is 0 Å². The molecule has 1 aliphatic heterocycles. The number of para-hydroxylation sites is 1. The summed E-state index contributed by atoms with van der Waals surface area (Å²) in [6, 6.07) is 4.65. The second kappa shape index (κ2) is 5.44. The van der Waals surface area contributed by atoms with Crippen LogP contribution in [-0.4, -0.2) is 42.6 Å². The van der Waals surface area contributed by atoms with Gasteiger partial charge in [-0.15, -0.1) is 0 Å². The zero-order valence-electron chi connectivity index (χ0n) is 9.47. The van der Waals surface area contributed by atoms with Gasteiger partial charge < -0.3 is 19.8 Å². The summed E-state index contributed by atoms with van der Waals surface area (Å²) in [5.41, 5.74) is 0.973. The number of rotatable bonds is 3. The quantitative estimate of drug-likeness (QED) is 0.810. The first-order chi connectivity index (χ1) is 8.26. The molecule has 4 nitrogen and oxygen atoms in total. The Morgan fingerprint density at radius 3 is 2.94 bits per heavy atom. The first kappa shape index (κ1) is 12.3. The lowest BCUT2D eigenvalue weighted by Crippen LogP contribution is -2.44. The number of hydrogen-bond donors (Lipinski definition) is 2. The van der Waals surface area contributed by atoms with E-state index < -0.39 is 0 Å². The second-order valence-corrected chi connectivity index (χ2v) is 4.03. The van der Waals surface area contributed by atoms with E-state index >= 15 is 0 Å². The second-order valence-electron chi connectivity index (χ2n) is 4.03. The largest absolute Gasteiger partial charge is 0.394 e. The van der Waals surface area contributed by atoms with Crippen molar-refractivity contribution >= 4 is 5.69 Å². The Kier molecular flexibility index (Phi) is 3.93. The van der Waals surface area contributed by atoms with Crippen molar-refractivity contribution in [3.8, 4) is 0 Å². The van der Waals surface area contributed by atoms with Crippen molar-refractivity contribution in [2.75, 3.05) is 31.2 Å². The predicted molar refractivity (Wildman–Crippen MR) is 61.4 cm³/mol. The van der Waals surface area contributed by atoms with Crippen molar-refractivity contribution in [1.29, 1.82) is 0 Å². The molecule has 1 unspecified atom stereocenters. The summed E-state index contributed by atoms with van der Waals surface area (Å²) in [6.07, 6.45) is -0.296. The maximum atomic E-state index is 13.8. The van der Waals surface area contributed by atoms with Crippen molar-refractivity contribution in [2.24, 2.45) is 0 Å². The van der Waals surface area contributed by atoms with E-state index in [9.17, 15) is 9.50 Å². The molecule has 1 aliphatic rings. The summed E-state index contributed by atoms with van der Waals surface area (Å²) >= 11 is 0. The van der Waals surface area contributed by atoms with E-state index in [1.165, 1.54) is 6.07 Å². The lowest BCUT2D eigenvalue weighted by molar-refractivity contribution is 0.00331. The third-order valence-electron chi connectivity index (χ3n) is 2.90. The summed E-state index contributed by atoms with van der Waals surface area (Å²) in [4.78, 5) is 1.81. The van der Waals surface area contributed by atoms with Crippen molar-refractivity contribution in [3.63, 3.8) is 0 Å². The van der Waals surface area contributed by atoms with E-state index in [0.29, 0.717) is 30.9 Å². The summed E-state index contributed by atoms with van der Waals surface area (Å²) < 4.78 is 19.1. The molecule has 0 aromatic heterocycles. The molecule has 5 heteroatoms. The lowest BCUT2D eigenvalue weighted by Gasteiger charge is -2.34. The molecule has 1 atom stereocenters. The average molecular weight is 241 g/mol. The smallest absolute Gasteiger partial charge is 0.146 e. The summed E-state index contributed by atoms with van der Waals surface area (Å²) in [7, 11) is 0. The molecule has 94 valence electrons. The minimum Gasteiger partial charge on any atom is -0.394 e. The fraction of sp³-hybridized carbons (Fsp3) is 0.500. The normalized spacial score (nSPS) is 20.6. The predicted octanol–water partition coefficient (Wildman–Crippen LogP) is 0.515. The zero-order valence-corrected chi connectivity index (χ0v) is 9.47. The van der Waals surface area contributed by atoms with Crippen molar-refractivity contribution in [3.05, 3.63) is 29.6 Å². The van der Waals surface area contributed by atoms with Gasteiger partial charge in [0, 0.05) is 18.7 Å². The van der Waals surface area contributed by atoms with Gasteiger partial charge in [-0.1, -0.05) is 12.1 Å². The maximum Gasteiger partial charge on any atom is 0.146 e. The van der Waals surface area contributed by atoms with Crippen LogP contribution in [-0.2, 0) is 11.3 Å². The molecule has 0 radical (unpaired) electrons. The number of hydrogen-bond acceptors (Lipinski definition) is 4. The average Bonchev–Trinajstić information content (AvgIpc) is 2.38. The maximum absolute atomic E-state index is 13.8. The van der Waals surface area contributed by atoms with Crippen LogP contribution in [0.25, 0.3) is 0 Å². The van der Waals surface area contributed by atoms with Gasteiger partial charge in [0.05, 0.1) is 31.6 Å². The molecule has 0 spiro atoms. The van der Waals surface area contributed by atoms with Gasteiger partial charge in [-0.05, 0) is 6.07 Å². The number of nitrogens with zero attached hydrogens (tertiary/aromatic N) is 1. The van der Waals surface area contributed by atoms with Gasteiger partial charge in [0.1, 0.15) is 5.82 Å². The number of aliphatic hydroxyl groups excluding tert-OH is 2. The fourth-order valence-corrected chi connectivity index (χ4v) is 2.07. The topological polar surface area (TPSA) is 52.9 Å². The Morgan fingerprint density at radius 2 is 2.24 bits per heavy atom. The molecule has 17 heavy (non-hydrogen) atoms. The third kappa shape index (κ3) is 2.57. The standard InChI is InChI=1S/C12H16FNO3/c13-11-3-1-2-9(7-15)12(11)14-4-5-17-10(6-14)8-16/h1-3,10,15-16H,4-8H2. The van der Waals surface area contributed by atoms with Crippen LogP contribution in [0, 0.1) is 5.82 Å². The summed E-state index contributed by atoms with van der Waals surface area (Å²) in [5.74, 6) is -0.352. The Morgan fingerprint density at radius 1 is 1.41 bits per heavy atom. The van der Waals surface area contributed by atoms with Crippen LogP contribution in [0.4, 0.5) is 10.1 Å². The molecule has 1 aromatic carbocycles. The molecule has 2 rings (SSSR count). The van der Waals surface area contributed by atoms with Gasteiger partial charge >= 0.3 is 0 Å². The van der Waals surface area contributed by atoms with Crippen molar-refractivity contribution < 1.29 is 19.3 Å². The molecule has 1 aromatic rings. The first-order valence-electron chi connectivity index (χ1n) is 5.62. The van der Waals surface area contributed by atoms with Crippen LogP contribution in [0.1, 0.15) is 5.56 Å². The van der Waals surface area contributed by atoms with E-state index in [-0.39, 0.29) is 25.1 Å². The van der Waals surface area contributed by atoms with Crippen LogP contribution in [0.3, 0.4) is 0 Å². The minimum atomic E-state index is -0.352. The van der Waals surface area contributed by atoms with Gasteiger partial charge in [0.2, 0.25) is 0 Å². The number of aliphatic hydroxyl groups is 2. The van der Waals surface area contributed by atoms with E-state index in [1.54, 1.807) is 12.1 Å². The number of benzene rings is 1. The van der Waals surface area contributed by atoms with Gasteiger partial charge in [0.25, 0.3) is 0 Å². The van der Waals surface area contributed by atoms with E-state index in [4.69, 9.17) is 9.84 Å². The molecule has 0 aliphatic carbocycles. The van der Waals surface area contributed by atoms with Crippen LogP contribution in [0.15, 0.2) is 18.2 Å². The van der Waals surface area contributed by atoms with Crippen LogP contribution >= 0.6 is 0 Å². The highest BCUT2D eigenvalue weighted by atomic mass is 19.1. The molecule has 1 heterocycles. The molecule has 0 amide bonds. The highest BCUT2D eigenvalue weighted by Crippen LogP contribution is 2.26. The first-order valence-corrected chi connectivity index (χ1v) is 5.62. The van der Waals surface area contributed by atoms with E-state index in [2.05, 4.69) is 0 Å². The lowest BCUT2D eigenvalue weighted by atomic mass is 10.1. The molecular weight excluding hydrogens is 225 g/mol. The Hall–Kier alpha value is -1.17. The minimum absolute atomic E-state index is 0.0839. The van der Waals surface area contributed by atoms with Crippen LogP contribution in [0.2, 0.25) is 0 Å². The highest BCUT2D eigenvalue weighted by molar-refractivity contribution is 5.55. The molecular formula is C12H16FNO3. The van der Waals surface area contributed by atoms with E-state index in [0.717, 1.165) is 0 Å². The Labute approximate surface area is 99.2 Å². The SMILES string of the molecule is OCc1cccc(F)c1N1CCOC(CO)C1. The Bertz CT molecular complexity index is 386. The van der Waals surface area contributed by atoms with Gasteiger partial charge in [0.15, 0.2) is 0 Å². The molecule has 1 saturated heterocycles. The van der Waals surface area contributed by atoms with Gasteiger partial charge in [-0.2, -0.15) is 0 Å². The van der Waals surface area contributed by atoms with Crippen molar-refractivity contribution in [2.45, 2.75) is 12.7 Å². The van der Waals surface area contributed by atoms with Crippen molar-refractivity contribution in [1.82, 2.24) is 0 Å². The molecule has 2 N–H and O–H groups in total. The Balaban J connectivity index is 2.26. The summed E-state index contributed by atoms with van der Waals surface area (Å²) in [6.45, 7) is 1.16. The van der Waals surface area contributed by atoms with Gasteiger partial charge in [-0.25, -0.2) is 4.39 Å². The molecule has 1 fully saturated rings. The van der Waals surface area contributed by atoms with E-state index in [1.807, 2.05) is 4.90 Å². The number of morpholine rings is 1. The molecule has 0 saturated carbocycles.